The molecule has 0 saturated heterocycles. The molecule has 1 aliphatic rings. The Hall–Kier alpha value is -2.82. The summed E-state index contributed by atoms with van der Waals surface area (Å²) in [4.78, 5) is 16.9. The molecular weight excluding hydrogens is 666 g/mol. The number of benzene rings is 2. The van der Waals surface area contributed by atoms with Crippen molar-refractivity contribution in [3.8, 4) is 11.5 Å². The van der Waals surface area contributed by atoms with Crippen molar-refractivity contribution in [1.29, 1.82) is 5.41 Å². The number of aliphatic imine (C=N–C) groups is 1. The number of allylic oxidation sites excluding steroid dienone is 3. The van der Waals surface area contributed by atoms with Crippen LogP contribution in [0.15, 0.2) is 64.3 Å². The molecule has 0 amide bonds. The first-order chi connectivity index (χ1) is 15.9. The van der Waals surface area contributed by atoms with Crippen molar-refractivity contribution < 1.29 is 45.4 Å². The Labute approximate surface area is 231 Å². The molecule has 0 atom stereocenters. The Morgan fingerprint density at radius 1 is 1.09 bits per heavy atom. The van der Waals surface area contributed by atoms with Crippen LogP contribution in [0.25, 0.3) is 0 Å². The molecule has 3 rings (SSSR count). The predicted molar refractivity (Wildman–Crippen MR) is 137 cm³/mol. The van der Waals surface area contributed by atoms with E-state index in [1.54, 1.807) is 33.4 Å². The Morgan fingerprint density at radius 2 is 1.71 bits per heavy atom. The average Bonchev–Trinajstić information content (AvgIpc) is 2.83. The monoisotopic (exact) mass is 698 g/mol. The summed E-state index contributed by atoms with van der Waals surface area (Å²) in [7, 11) is 4.86. The number of nitrogens with two attached hydrogens (primary N) is 1. The summed E-state index contributed by atoms with van der Waals surface area (Å²) in [6.45, 7) is 1.81. The van der Waals surface area contributed by atoms with Crippen LogP contribution in [-0.2, 0) is 17.6 Å². The molecule has 182 valence electrons. The molecule has 0 bridgehead atoms. The van der Waals surface area contributed by atoms with E-state index in [0.29, 0.717) is 58.4 Å². The van der Waals surface area contributed by atoms with Crippen molar-refractivity contribution in [3.05, 3.63) is 83.9 Å². The zero-order chi connectivity index (χ0) is 24.0. The predicted octanol–water partition coefficient (Wildman–Crippen LogP) is 4.14. The normalized spacial score (nSPS) is 13.5. The van der Waals surface area contributed by atoms with Gasteiger partial charge in [0, 0.05) is 19.5 Å². The van der Waals surface area contributed by atoms with Crippen molar-refractivity contribution >= 4 is 23.0 Å². The number of hydrogen-bond donors (Lipinski definition) is 3. The fourth-order valence-corrected chi connectivity index (χ4v) is 3.58. The van der Waals surface area contributed by atoms with Gasteiger partial charge in [-0.15, -0.1) is 17.2 Å². The third-order valence-electron chi connectivity index (χ3n) is 5.55. The molecule has 0 saturated carbocycles. The number of ketones is 1. The zero-order valence-electron chi connectivity index (χ0n) is 20.9. The molecule has 0 spiro atoms. The van der Waals surface area contributed by atoms with E-state index in [1.807, 2.05) is 37.3 Å². The summed E-state index contributed by atoms with van der Waals surface area (Å²) < 4.78 is 10.5. The van der Waals surface area contributed by atoms with Crippen LogP contribution in [0.3, 0.4) is 0 Å². The number of rotatable bonds is 9. The van der Waals surface area contributed by atoms with E-state index in [9.17, 15) is 4.79 Å². The van der Waals surface area contributed by atoms with Crippen LogP contribution in [-0.4, -0.2) is 38.6 Å². The Balaban J connectivity index is 0.00000306. The van der Waals surface area contributed by atoms with Crippen molar-refractivity contribution in [2.24, 2.45) is 10.7 Å². The number of Topliss-reactive ketones (excluding diaryl/α,β-unsaturated/α-hetero) is 1. The van der Waals surface area contributed by atoms with Gasteiger partial charge >= 0.3 is 31.1 Å². The number of nitrogens with one attached hydrogen (secondary N) is 2. The number of hydrogen-bond acceptors (Lipinski definition) is 6. The smallest absolute Gasteiger partial charge is 0.493 e. The molecule has 4 N–H and O–H groups in total. The van der Waals surface area contributed by atoms with E-state index >= 15 is 0 Å². The third kappa shape index (κ3) is 7.58. The Morgan fingerprint density at radius 3 is 2.31 bits per heavy atom. The van der Waals surface area contributed by atoms with Crippen LogP contribution in [0.1, 0.15) is 24.5 Å². The van der Waals surface area contributed by atoms with E-state index in [1.165, 1.54) is 0 Å². The van der Waals surface area contributed by atoms with Crippen LogP contribution in [0.4, 0.5) is 5.69 Å². The maximum absolute atomic E-state index is 12.4. The van der Waals surface area contributed by atoms with E-state index in [0.717, 1.165) is 17.5 Å². The van der Waals surface area contributed by atoms with Gasteiger partial charge in [0.15, 0.2) is 11.5 Å². The van der Waals surface area contributed by atoms with E-state index in [-0.39, 0.29) is 44.3 Å². The molecule has 1 aliphatic carbocycles. The summed E-state index contributed by atoms with van der Waals surface area (Å²) in [5.74, 6) is 1.61. The molecule has 8 heteroatoms. The van der Waals surface area contributed by atoms with Gasteiger partial charge in [-0.05, 0) is 36.2 Å². The SMILES string of the molecule is CNC1=[C-]C(=O)C(Cc2ccc(CCC(N)=Nc3ccc(OC)c(OC)c3)cc2)=C(C)C1=N.[CH3-].[U+2]. The molecule has 0 unspecified atom stereocenters. The van der Waals surface area contributed by atoms with Gasteiger partial charge in [-0.1, -0.05) is 42.4 Å². The second-order valence-electron chi connectivity index (χ2n) is 7.69. The Bertz CT molecular complexity index is 1150. The first-order valence-corrected chi connectivity index (χ1v) is 10.6. The van der Waals surface area contributed by atoms with Gasteiger partial charge in [-0.2, -0.15) is 0 Å². The van der Waals surface area contributed by atoms with Crippen molar-refractivity contribution in [2.45, 2.75) is 26.2 Å². The molecule has 35 heavy (non-hydrogen) atoms. The summed E-state index contributed by atoms with van der Waals surface area (Å²) >= 11 is 0. The van der Waals surface area contributed by atoms with Crippen LogP contribution in [0.2, 0.25) is 0 Å². The molecule has 0 fully saturated rings. The molecule has 2 aromatic rings. The van der Waals surface area contributed by atoms with Gasteiger partial charge in [0.2, 0.25) is 0 Å². The van der Waals surface area contributed by atoms with Crippen LogP contribution in [0, 0.1) is 50.0 Å². The number of aryl methyl sites for hydroxylation is 1. The van der Waals surface area contributed by atoms with Crippen LogP contribution in [0.5, 0.6) is 11.5 Å². The van der Waals surface area contributed by atoms with Gasteiger partial charge in [0.1, 0.15) is 0 Å². The number of amidine groups is 1. The van der Waals surface area contributed by atoms with Gasteiger partial charge in [-0.3, -0.25) is 0 Å². The summed E-state index contributed by atoms with van der Waals surface area (Å²) in [5, 5.41) is 11.0. The van der Waals surface area contributed by atoms with E-state index in [4.69, 9.17) is 20.6 Å². The van der Waals surface area contributed by atoms with Gasteiger partial charge in [0.05, 0.1) is 31.5 Å². The second-order valence-corrected chi connectivity index (χ2v) is 7.69. The number of nitrogens with zero attached hydrogens (tertiary/aromatic N) is 1. The topological polar surface area (TPSA) is 110 Å². The van der Waals surface area contributed by atoms with Gasteiger partial charge in [0.25, 0.3) is 0 Å². The standard InChI is InChI=1S/C26H29N4O3.CH3.U/c1-16-20(22(31)15-21(29-2)26(16)28)13-18-7-5-17(6-8-18)9-12-25(27)30-19-10-11-23(32-3)24(14-19)33-4;;/h5-8,10-11,14,28-29H,9,12-13H2,1-4H3,(H2,27,30);1H3;/q2*-1;+2. The van der Waals surface area contributed by atoms with Crippen molar-refractivity contribution in [2.75, 3.05) is 21.3 Å². The number of ether oxygens (including phenoxy) is 2. The second kappa shape index (κ2) is 13.9. The number of carbonyl (C=O) groups excluding carboxylic acids is 1. The maximum Gasteiger partial charge on any atom is 2.00 e. The van der Waals surface area contributed by atoms with Crippen LogP contribution < -0.4 is 20.5 Å². The fraction of sp³-hybridized carbons (Fsp3) is 0.259. The van der Waals surface area contributed by atoms with Crippen molar-refractivity contribution in [1.82, 2.24) is 5.32 Å². The summed E-state index contributed by atoms with van der Waals surface area (Å²) in [5.41, 5.74) is 11.0. The molecule has 0 radical (unpaired) electrons. The number of carbonyl (C=O) groups is 1. The fourth-order valence-electron chi connectivity index (χ4n) is 3.58. The minimum absolute atomic E-state index is 0. The first-order valence-electron chi connectivity index (χ1n) is 10.6. The molecule has 2 aromatic carbocycles. The zero-order valence-corrected chi connectivity index (χ0v) is 25.1. The van der Waals surface area contributed by atoms with Crippen LogP contribution >= 0.6 is 0 Å². The first kappa shape index (κ1) is 30.2. The Kier molecular flexibility index (Phi) is 12.0. The summed E-state index contributed by atoms with van der Waals surface area (Å²) in [6, 6.07) is 13.5. The molecule has 0 aliphatic heterocycles. The summed E-state index contributed by atoms with van der Waals surface area (Å²) in [6.07, 6.45) is 4.57. The molecule has 0 heterocycles. The average molecular weight is 699 g/mol. The number of methoxy groups -OCH3 is 2. The maximum atomic E-state index is 12.4. The van der Waals surface area contributed by atoms with Gasteiger partial charge < -0.3 is 38.2 Å². The molecular formula is C27H32N4O3U. The third-order valence-corrected chi connectivity index (χ3v) is 5.55. The largest absolute Gasteiger partial charge is 2.00 e. The van der Waals surface area contributed by atoms with E-state index < -0.39 is 0 Å². The van der Waals surface area contributed by atoms with Crippen molar-refractivity contribution in [3.63, 3.8) is 0 Å². The quantitative estimate of drug-likeness (QED) is 0.158. The van der Waals surface area contributed by atoms with E-state index in [2.05, 4.69) is 16.4 Å². The minimum Gasteiger partial charge on any atom is -0.493 e. The minimum atomic E-state index is -0.170. The van der Waals surface area contributed by atoms with Gasteiger partial charge in [-0.25, -0.2) is 4.99 Å². The molecule has 0 aromatic heterocycles. The molecule has 7 nitrogen and oxygen atoms in total.